The van der Waals surface area contributed by atoms with Crippen LogP contribution >= 0.6 is 0 Å². The van der Waals surface area contributed by atoms with Gasteiger partial charge in [-0.15, -0.1) is 0 Å². The summed E-state index contributed by atoms with van der Waals surface area (Å²) >= 11 is 0. The van der Waals surface area contributed by atoms with E-state index in [9.17, 15) is 9.59 Å². The Bertz CT molecular complexity index is 852. The van der Waals surface area contributed by atoms with E-state index in [0.717, 1.165) is 11.1 Å². The first-order chi connectivity index (χ1) is 13.1. The van der Waals surface area contributed by atoms with Gasteiger partial charge < -0.3 is 15.2 Å². The lowest BCUT2D eigenvalue weighted by Crippen LogP contribution is -2.32. The number of carbonyl (C=O) groups is 2. The van der Waals surface area contributed by atoms with E-state index in [-0.39, 0.29) is 24.8 Å². The normalized spacial score (nSPS) is 10.6. The van der Waals surface area contributed by atoms with E-state index in [2.05, 4.69) is 15.8 Å². The number of nitrogens with zero attached hydrogens (tertiary/aromatic N) is 1. The van der Waals surface area contributed by atoms with Crippen molar-refractivity contribution >= 4 is 17.6 Å². The van der Waals surface area contributed by atoms with Gasteiger partial charge in [-0.3, -0.25) is 9.59 Å². The first-order valence-corrected chi connectivity index (χ1v) is 8.74. The maximum atomic E-state index is 12.8. The first-order valence-electron chi connectivity index (χ1n) is 8.74. The second-order valence-electron chi connectivity index (χ2n) is 6.17. The molecule has 3 rings (SSSR count). The number of nitrogens with one attached hydrogen (secondary N) is 2. The molecule has 2 amide bonds. The van der Waals surface area contributed by atoms with Gasteiger partial charge in [-0.2, -0.15) is 0 Å². The monoisotopic (exact) mass is 363 g/mol. The molecule has 1 aromatic heterocycles. The third-order valence-electron chi connectivity index (χ3n) is 4.07. The Morgan fingerprint density at radius 2 is 1.59 bits per heavy atom. The molecule has 0 saturated carbocycles. The molecule has 6 heteroatoms. The predicted molar refractivity (Wildman–Crippen MR) is 102 cm³/mol. The van der Waals surface area contributed by atoms with Crippen LogP contribution in [-0.4, -0.2) is 23.5 Å². The Balaban J connectivity index is 1.60. The largest absolute Gasteiger partial charge is 0.360 e. The summed E-state index contributed by atoms with van der Waals surface area (Å²) in [4.78, 5) is 24.8. The second-order valence-corrected chi connectivity index (χ2v) is 6.17. The van der Waals surface area contributed by atoms with Gasteiger partial charge in [0.1, 0.15) is 5.76 Å². The SMILES string of the molecule is Cc1cc(NC(=O)CCNC(=O)C(c2ccccc2)c2ccccc2)no1. The number of anilines is 1. The van der Waals surface area contributed by atoms with Crippen LogP contribution in [0.4, 0.5) is 5.82 Å². The minimum atomic E-state index is -0.423. The third kappa shape index (κ3) is 5.04. The quantitative estimate of drug-likeness (QED) is 0.675. The number of benzene rings is 2. The van der Waals surface area contributed by atoms with E-state index >= 15 is 0 Å². The minimum absolute atomic E-state index is 0.141. The van der Waals surface area contributed by atoms with E-state index in [1.807, 2.05) is 60.7 Å². The van der Waals surface area contributed by atoms with Gasteiger partial charge >= 0.3 is 0 Å². The van der Waals surface area contributed by atoms with Gasteiger partial charge in [0.15, 0.2) is 5.82 Å². The molecule has 138 valence electrons. The Morgan fingerprint density at radius 3 is 2.11 bits per heavy atom. The lowest BCUT2D eigenvalue weighted by molar-refractivity contribution is -0.121. The van der Waals surface area contributed by atoms with E-state index in [4.69, 9.17) is 4.52 Å². The highest BCUT2D eigenvalue weighted by atomic mass is 16.5. The maximum absolute atomic E-state index is 12.8. The molecule has 6 nitrogen and oxygen atoms in total. The molecule has 3 aromatic rings. The average Bonchev–Trinajstić information content (AvgIpc) is 3.08. The summed E-state index contributed by atoms with van der Waals surface area (Å²) in [5, 5.41) is 9.20. The summed E-state index contributed by atoms with van der Waals surface area (Å²) in [6.45, 7) is 1.98. The molecule has 0 fully saturated rings. The van der Waals surface area contributed by atoms with Crippen molar-refractivity contribution in [2.45, 2.75) is 19.3 Å². The summed E-state index contributed by atoms with van der Waals surface area (Å²) in [7, 11) is 0. The molecule has 0 atom stereocenters. The van der Waals surface area contributed by atoms with E-state index in [0.29, 0.717) is 11.6 Å². The molecule has 27 heavy (non-hydrogen) atoms. The highest BCUT2D eigenvalue weighted by molar-refractivity contribution is 5.91. The minimum Gasteiger partial charge on any atom is -0.360 e. The van der Waals surface area contributed by atoms with Crippen LogP contribution in [0.1, 0.15) is 29.2 Å². The van der Waals surface area contributed by atoms with E-state index < -0.39 is 5.92 Å². The zero-order valence-electron chi connectivity index (χ0n) is 15.0. The van der Waals surface area contributed by atoms with Crippen LogP contribution in [0, 0.1) is 6.92 Å². The standard InChI is InChI=1S/C21H21N3O3/c1-15-14-18(24-27-15)23-19(25)12-13-22-21(26)20(16-8-4-2-5-9-16)17-10-6-3-7-11-17/h2-11,14,20H,12-13H2,1H3,(H,22,26)(H,23,24,25). The van der Waals surface area contributed by atoms with Crippen molar-refractivity contribution in [3.05, 3.63) is 83.6 Å². The van der Waals surface area contributed by atoms with Crippen molar-refractivity contribution in [3.8, 4) is 0 Å². The summed E-state index contributed by atoms with van der Waals surface area (Å²) in [6, 6.07) is 20.8. The molecule has 2 N–H and O–H groups in total. The van der Waals surface area contributed by atoms with Gasteiger partial charge in [0.2, 0.25) is 11.8 Å². The highest BCUT2D eigenvalue weighted by Crippen LogP contribution is 2.24. The number of hydrogen-bond donors (Lipinski definition) is 2. The Kier molecular flexibility index (Phi) is 5.99. The van der Waals surface area contributed by atoms with Crippen molar-refractivity contribution in [1.29, 1.82) is 0 Å². The van der Waals surface area contributed by atoms with Crippen LogP contribution in [0.15, 0.2) is 71.3 Å². The van der Waals surface area contributed by atoms with Gasteiger partial charge in [0.05, 0.1) is 5.92 Å². The highest BCUT2D eigenvalue weighted by Gasteiger charge is 2.22. The molecule has 0 aliphatic carbocycles. The Labute approximate surface area is 157 Å². The molecule has 2 aromatic carbocycles. The summed E-state index contributed by atoms with van der Waals surface area (Å²) < 4.78 is 4.90. The fourth-order valence-corrected chi connectivity index (χ4v) is 2.82. The molecule has 0 bridgehead atoms. The molecule has 0 unspecified atom stereocenters. The van der Waals surface area contributed by atoms with Crippen LogP contribution in [0.25, 0.3) is 0 Å². The smallest absolute Gasteiger partial charge is 0.232 e. The number of hydrogen-bond acceptors (Lipinski definition) is 4. The molecular weight excluding hydrogens is 342 g/mol. The van der Waals surface area contributed by atoms with Gasteiger partial charge in [-0.05, 0) is 18.1 Å². The molecule has 0 saturated heterocycles. The van der Waals surface area contributed by atoms with Gasteiger partial charge in [-0.1, -0.05) is 65.8 Å². The van der Waals surface area contributed by atoms with Crippen molar-refractivity contribution < 1.29 is 14.1 Å². The third-order valence-corrected chi connectivity index (χ3v) is 4.07. The van der Waals surface area contributed by atoms with Crippen LogP contribution < -0.4 is 10.6 Å². The number of carbonyl (C=O) groups excluding carboxylic acids is 2. The lowest BCUT2D eigenvalue weighted by atomic mass is 9.90. The van der Waals surface area contributed by atoms with Gasteiger partial charge in [-0.25, -0.2) is 0 Å². The second kappa shape index (κ2) is 8.80. The fourth-order valence-electron chi connectivity index (χ4n) is 2.82. The first kappa shape index (κ1) is 18.4. The topological polar surface area (TPSA) is 84.2 Å². The van der Waals surface area contributed by atoms with Crippen LogP contribution in [-0.2, 0) is 9.59 Å². The van der Waals surface area contributed by atoms with E-state index in [1.54, 1.807) is 13.0 Å². The number of aromatic nitrogens is 1. The summed E-state index contributed by atoms with van der Waals surface area (Å²) in [5.74, 6) is 0.188. The van der Waals surface area contributed by atoms with Crippen molar-refractivity contribution in [3.63, 3.8) is 0 Å². The van der Waals surface area contributed by atoms with E-state index in [1.165, 1.54) is 0 Å². The lowest BCUT2D eigenvalue weighted by Gasteiger charge is -2.17. The van der Waals surface area contributed by atoms with Gasteiger partial charge in [0, 0.05) is 19.0 Å². The van der Waals surface area contributed by atoms with Crippen LogP contribution in [0.3, 0.4) is 0 Å². The zero-order valence-corrected chi connectivity index (χ0v) is 15.0. The fraction of sp³-hybridized carbons (Fsp3) is 0.190. The summed E-state index contributed by atoms with van der Waals surface area (Å²) in [6.07, 6.45) is 0.147. The summed E-state index contributed by atoms with van der Waals surface area (Å²) in [5.41, 5.74) is 1.81. The molecule has 0 aliphatic heterocycles. The molecule has 0 aliphatic rings. The number of amides is 2. The van der Waals surface area contributed by atoms with Crippen LogP contribution in [0.2, 0.25) is 0 Å². The number of rotatable bonds is 7. The van der Waals surface area contributed by atoms with Crippen LogP contribution in [0.5, 0.6) is 0 Å². The maximum Gasteiger partial charge on any atom is 0.232 e. The average molecular weight is 363 g/mol. The van der Waals surface area contributed by atoms with Crippen molar-refractivity contribution in [2.24, 2.45) is 0 Å². The molecule has 1 heterocycles. The zero-order chi connectivity index (χ0) is 19.1. The number of aryl methyl sites for hydroxylation is 1. The Hall–Kier alpha value is -3.41. The molecule has 0 spiro atoms. The Morgan fingerprint density at radius 1 is 1.00 bits per heavy atom. The van der Waals surface area contributed by atoms with Crippen molar-refractivity contribution in [1.82, 2.24) is 10.5 Å². The predicted octanol–water partition coefficient (Wildman–Crippen LogP) is 3.26. The molecule has 0 radical (unpaired) electrons. The van der Waals surface area contributed by atoms with Gasteiger partial charge in [0.25, 0.3) is 0 Å². The van der Waals surface area contributed by atoms with Crippen molar-refractivity contribution in [2.75, 3.05) is 11.9 Å². The molecular formula is C21H21N3O3.